The minimum Gasteiger partial charge on any atom is -0.463 e. The minimum atomic E-state index is -2.08. The predicted octanol–water partition coefficient (Wildman–Crippen LogP) is 5.11. The highest BCUT2D eigenvalue weighted by Gasteiger charge is 2.40. The van der Waals surface area contributed by atoms with Crippen LogP contribution < -0.4 is 0 Å². The highest BCUT2D eigenvalue weighted by Crippen LogP contribution is 2.38. The standard InChI is InChI=1S/C21H40O5Si/c1-12-24-18(22)16(3)13-15(2)17(14-25-19(23)20(4,5)6)26-27(10,11)21(7,8)9/h13,15,17H,12,14H2,1-11H3/b16-13+/t15-,17-/m0/s1. The Morgan fingerprint density at radius 1 is 1.04 bits per heavy atom. The van der Waals surface area contributed by atoms with Crippen LogP contribution in [0.2, 0.25) is 18.1 Å². The fourth-order valence-corrected chi connectivity index (χ4v) is 3.43. The summed E-state index contributed by atoms with van der Waals surface area (Å²) in [5.41, 5.74) is -0.0307. The molecule has 0 bridgehead atoms. The topological polar surface area (TPSA) is 61.8 Å². The van der Waals surface area contributed by atoms with E-state index in [0.717, 1.165) is 0 Å². The maximum atomic E-state index is 12.2. The molecule has 0 aliphatic heterocycles. The van der Waals surface area contributed by atoms with Crippen molar-refractivity contribution in [3.63, 3.8) is 0 Å². The van der Waals surface area contributed by atoms with Crippen molar-refractivity contribution in [2.45, 2.75) is 86.5 Å². The van der Waals surface area contributed by atoms with Crippen LogP contribution in [0.4, 0.5) is 0 Å². The van der Waals surface area contributed by atoms with Gasteiger partial charge in [0.05, 0.1) is 18.1 Å². The maximum Gasteiger partial charge on any atom is 0.333 e. The molecule has 5 nitrogen and oxygen atoms in total. The van der Waals surface area contributed by atoms with E-state index in [4.69, 9.17) is 13.9 Å². The Morgan fingerprint density at radius 2 is 1.56 bits per heavy atom. The molecule has 0 rings (SSSR count). The van der Waals surface area contributed by atoms with Crippen molar-refractivity contribution in [2.24, 2.45) is 11.3 Å². The highest BCUT2D eigenvalue weighted by molar-refractivity contribution is 6.74. The molecular weight excluding hydrogens is 360 g/mol. The molecule has 0 aliphatic rings. The summed E-state index contributed by atoms with van der Waals surface area (Å²) in [4.78, 5) is 24.1. The first-order chi connectivity index (χ1) is 12.0. The molecule has 0 N–H and O–H groups in total. The second kappa shape index (κ2) is 9.87. The van der Waals surface area contributed by atoms with E-state index in [1.54, 1.807) is 13.8 Å². The van der Waals surface area contributed by atoms with Crippen LogP contribution in [0, 0.1) is 11.3 Å². The van der Waals surface area contributed by atoms with Crippen molar-refractivity contribution < 1.29 is 23.5 Å². The van der Waals surface area contributed by atoms with Gasteiger partial charge in [0.15, 0.2) is 8.32 Å². The molecule has 0 fully saturated rings. The molecule has 0 aromatic rings. The zero-order valence-corrected chi connectivity index (χ0v) is 20.2. The summed E-state index contributed by atoms with van der Waals surface area (Å²) in [6, 6.07) is 0. The van der Waals surface area contributed by atoms with Gasteiger partial charge >= 0.3 is 11.9 Å². The largest absolute Gasteiger partial charge is 0.463 e. The Balaban J connectivity index is 5.48. The third-order valence-electron chi connectivity index (χ3n) is 4.94. The lowest BCUT2D eigenvalue weighted by atomic mass is 9.97. The van der Waals surface area contributed by atoms with Crippen molar-refractivity contribution in [3.8, 4) is 0 Å². The number of ether oxygens (including phenoxy) is 2. The molecule has 0 heterocycles. The molecule has 0 aromatic heterocycles. The smallest absolute Gasteiger partial charge is 0.333 e. The summed E-state index contributed by atoms with van der Waals surface area (Å²) >= 11 is 0. The van der Waals surface area contributed by atoms with Gasteiger partial charge in [-0.1, -0.05) is 33.8 Å². The van der Waals surface area contributed by atoms with Gasteiger partial charge in [-0.2, -0.15) is 0 Å². The number of rotatable bonds is 8. The van der Waals surface area contributed by atoms with Gasteiger partial charge in [-0.15, -0.1) is 0 Å². The SMILES string of the molecule is CCOC(=O)/C(C)=C/[C@H](C)[C@H](COC(=O)C(C)(C)C)O[Si](C)(C)C(C)(C)C. The van der Waals surface area contributed by atoms with E-state index < -0.39 is 13.7 Å². The quantitative estimate of drug-likeness (QED) is 0.322. The van der Waals surface area contributed by atoms with E-state index in [0.29, 0.717) is 12.2 Å². The van der Waals surface area contributed by atoms with Crippen LogP contribution >= 0.6 is 0 Å². The normalized spacial score (nSPS) is 15.9. The second-order valence-electron chi connectivity index (χ2n) is 9.69. The van der Waals surface area contributed by atoms with Crippen molar-refractivity contribution in [2.75, 3.05) is 13.2 Å². The number of esters is 2. The third kappa shape index (κ3) is 8.60. The van der Waals surface area contributed by atoms with Crippen LogP contribution in [-0.2, 0) is 23.5 Å². The number of carbonyl (C=O) groups excluding carboxylic acids is 2. The number of hydrogen-bond acceptors (Lipinski definition) is 5. The summed E-state index contributed by atoms with van der Waals surface area (Å²) in [5, 5.41) is 0.0267. The van der Waals surface area contributed by atoms with Gasteiger partial charge in [0.25, 0.3) is 0 Å². The Hall–Kier alpha value is -1.14. The lowest BCUT2D eigenvalue weighted by molar-refractivity contribution is -0.156. The summed E-state index contributed by atoms with van der Waals surface area (Å²) < 4.78 is 17.1. The van der Waals surface area contributed by atoms with E-state index in [-0.39, 0.29) is 35.6 Å². The molecule has 27 heavy (non-hydrogen) atoms. The van der Waals surface area contributed by atoms with Gasteiger partial charge in [-0.3, -0.25) is 4.79 Å². The Morgan fingerprint density at radius 3 is 1.96 bits per heavy atom. The van der Waals surface area contributed by atoms with E-state index in [2.05, 4.69) is 33.9 Å². The molecule has 0 unspecified atom stereocenters. The van der Waals surface area contributed by atoms with Gasteiger partial charge in [0.2, 0.25) is 0 Å². The fraction of sp³-hybridized carbons (Fsp3) is 0.810. The number of carbonyl (C=O) groups is 2. The van der Waals surface area contributed by atoms with Crippen molar-refractivity contribution >= 4 is 20.3 Å². The third-order valence-corrected chi connectivity index (χ3v) is 9.44. The molecular formula is C21H40O5Si. The molecule has 0 radical (unpaired) electrons. The average Bonchev–Trinajstić information content (AvgIpc) is 2.48. The van der Waals surface area contributed by atoms with E-state index >= 15 is 0 Å². The summed E-state index contributed by atoms with van der Waals surface area (Å²) in [7, 11) is -2.08. The van der Waals surface area contributed by atoms with Crippen LogP contribution in [0.15, 0.2) is 11.6 Å². The number of hydrogen-bond donors (Lipinski definition) is 0. The van der Waals surface area contributed by atoms with Gasteiger partial charge in [-0.25, -0.2) is 4.79 Å². The first-order valence-electron chi connectivity index (χ1n) is 9.73. The molecule has 6 heteroatoms. The highest BCUT2D eigenvalue weighted by atomic mass is 28.4. The maximum absolute atomic E-state index is 12.2. The molecule has 0 aromatic carbocycles. The van der Waals surface area contributed by atoms with E-state index in [1.165, 1.54) is 0 Å². The lowest BCUT2D eigenvalue weighted by Crippen LogP contribution is -2.47. The minimum absolute atomic E-state index is 0.0267. The van der Waals surface area contributed by atoms with Crippen molar-refractivity contribution in [3.05, 3.63) is 11.6 Å². The Kier molecular flexibility index (Phi) is 9.45. The molecule has 2 atom stereocenters. The first kappa shape index (κ1) is 25.9. The zero-order valence-electron chi connectivity index (χ0n) is 19.2. The van der Waals surface area contributed by atoms with E-state index in [9.17, 15) is 9.59 Å². The molecule has 0 spiro atoms. The van der Waals surface area contributed by atoms with Crippen molar-refractivity contribution in [1.82, 2.24) is 0 Å². The van der Waals surface area contributed by atoms with Gasteiger partial charge in [-0.05, 0) is 52.8 Å². The first-order valence-corrected chi connectivity index (χ1v) is 12.6. The predicted molar refractivity (Wildman–Crippen MR) is 112 cm³/mol. The molecule has 158 valence electrons. The summed E-state index contributed by atoms with van der Waals surface area (Å²) in [6.07, 6.45) is 1.53. The van der Waals surface area contributed by atoms with Crippen LogP contribution in [0.25, 0.3) is 0 Å². The lowest BCUT2D eigenvalue weighted by Gasteiger charge is -2.40. The Bertz CT molecular complexity index is 538. The monoisotopic (exact) mass is 400 g/mol. The van der Waals surface area contributed by atoms with Crippen molar-refractivity contribution in [1.29, 1.82) is 0 Å². The fourth-order valence-electron chi connectivity index (χ4n) is 2.04. The van der Waals surface area contributed by atoms with Crippen LogP contribution in [0.1, 0.15) is 62.3 Å². The average molecular weight is 401 g/mol. The van der Waals surface area contributed by atoms with Crippen LogP contribution in [0.5, 0.6) is 0 Å². The summed E-state index contributed by atoms with van der Waals surface area (Å²) in [6.45, 7) is 22.3. The molecule has 0 saturated heterocycles. The Labute approximate surface area is 167 Å². The second-order valence-corrected chi connectivity index (χ2v) is 14.5. The van der Waals surface area contributed by atoms with Gasteiger partial charge in [0, 0.05) is 11.5 Å². The molecule has 0 saturated carbocycles. The summed E-state index contributed by atoms with van der Waals surface area (Å²) in [5.74, 6) is -0.692. The van der Waals surface area contributed by atoms with Gasteiger partial charge in [0.1, 0.15) is 6.61 Å². The van der Waals surface area contributed by atoms with E-state index in [1.807, 2.05) is 33.8 Å². The molecule has 0 amide bonds. The zero-order chi connectivity index (χ0) is 21.6. The molecule has 0 aliphatic carbocycles. The van der Waals surface area contributed by atoms with Gasteiger partial charge < -0.3 is 13.9 Å². The van der Waals surface area contributed by atoms with Crippen LogP contribution in [-0.4, -0.2) is 39.6 Å². The van der Waals surface area contributed by atoms with Crippen LogP contribution in [0.3, 0.4) is 0 Å².